The Morgan fingerprint density at radius 2 is 2.17 bits per heavy atom. The average molecular weight is 333 g/mol. The van der Waals surface area contributed by atoms with Crippen LogP contribution in [0.5, 0.6) is 5.75 Å². The molecule has 1 heterocycles. The third kappa shape index (κ3) is 5.48. The molecule has 24 heavy (non-hydrogen) atoms. The molecule has 5 heteroatoms. The van der Waals surface area contributed by atoms with E-state index in [1.807, 2.05) is 45.9 Å². The Balaban J connectivity index is 1.96. The zero-order valence-corrected chi connectivity index (χ0v) is 15.0. The van der Waals surface area contributed by atoms with Crippen LogP contribution in [0.25, 0.3) is 0 Å². The van der Waals surface area contributed by atoms with E-state index in [0.29, 0.717) is 18.7 Å². The lowest BCUT2D eigenvalue weighted by Gasteiger charge is -2.27. The van der Waals surface area contributed by atoms with Crippen molar-refractivity contribution in [2.24, 2.45) is 0 Å². The molecule has 1 aliphatic heterocycles. The van der Waals surface area contributed by atoms with Crippen molar-refractivity contribution in [1.82, 2.24) is 0 Å². The number of anilines is 1. The summed E-state index contributed by atoms with van der Waals surface area (Å²) in [5.74, 6) is 1.61. The van der Waals surface area contributed by atoms with Gasteiger partial charge >= 0.3 is 6.09 Å². The van der Waals surface area contributed by atoms with E-state index < -0.39 is 11.7 Å². The molecule has 1 atom stereocenters. The van der Waals surface area contributed by atoms with E-state index in [2.05, 4.69) is 11.9 Å². The summed E-state index contributed by atoms with van der Waals surface area (Å²) < 4.78 is 16.7. The second-order valence-corrected chi connectivity index (χ2v) is 6.90. The SMILES string of the molecule is C=C(CC1CCc2cc(NC(=O)OC(C)(C)C)ccc2O1)OCC. The maximum Gasteiger partial charge on any atom is 0.412 e. The molecule has 1 aromatic rings. The predicted octanol–water partition coefficient (Wildman–Crippen LogP) is 4.67. The van der Waals surface area contributed by atoms with Crippen molar-refractivity contribution in [2.45, 2.75) is 58.7 Å². The summed E-state index contributed by atoms with van der Waals surface area (Å²) in [4.78, 5) is 11.8. The molecule has 0 aliphatic carbocycles. The van der Waals surface area contributed by atoms with Gasteiger partial charge in [0.1, 0.15) is 17.5 Å². The van der Waals surface area contributed by atoms with E-state index in [1.54, 1.807) is 0 Å². The van der Waals surface area contributed by atoms with Gasteiger partial charge in [0, 0.05) is 12.1 Å². The minimum Gasteiger partial charge on any atom is -0.499 e. The van der Waals surface area contributed by atoms with Crippen LogP contribution >= 0.6 is 0 Å². The Kier molecular flexibility index (Phi) is 5.75. The zero-order chi connectivity index (χ0) is 17.7. The van der Waals surface area contributed by atoms with Crippen molar-refractivity contribution in [1.29, 1.82) is 0 Å². The maximum absolute atomic E-state index is 11.8. The van der Waals surface area contributed by atoms with Crippen LogP contribution < -0.4 is 10.1 Å². The van der Waals surface area contributed by atoms with E-state index in [-0.39, 0.29) is 6.10 Å². The van der Waals surface area contributed by atoms with Crippen LogP contribution in [0.3, 0.4) is 0 Å². The van der Waals surface area contributed by atoms with Gasteiger partial charge in [-0.1, -0.05) is 6.58 Å². The van der Waals surface area contributed by atoms with Crippen molar-refractivity contribution in [3.05, 3.63) is 36.1 Å². The number of amides is 1. The first-order valence-corrected chi connectivity index (χ1v) is 8.37. The molecular weight excluding hydrogens is 306 g/mol. The molecule has 0 aromatic heterocycles. The summed E-state index contributed by atoms with van der Waals surface area (Å²) in [6.45, 7) is 12.0. The topological polar surface area (TPSA) is 56.8 Å². The summed E-state index contributed by atoms with van der Waals surface area (Å²) in [7, 11) is 0. The smallest absolute Gasteiger partial charge is 0.412 e. The summed E-state index contributed by atoms with van der Waals surface area (Å²) in [6.07, 6.45) is 2.12. The molecule has 0 saturated carbocycles. The highest BCUT2D eigenvalue weighted by atomic mass is 16.6. The number of nitrogens with one attached hydrogen (secondary N) is 1. The lowest BCUT2D eigenvalue weighted by atomic mass is 9.99. The number of hydrogen-bond donors (Lipinski definition) is 1. The molecule has 1 unspecified atom stereocenters. The zero-order valence-electron chi connectivity index (χ0n) is 15.0. The average Bonchev–Trinajstić information content (AvgIpc) is 2.45. The molecule has 0 saturated heterocycles. The molecule has 0 spiro atoms. The second-order valence-electron chi connectivity index (χ2n) is 6.90. The minimum absolute atomic E-state index is 0.0845. The standard InChI is InChI=1S/C19H27NO4/c1-6-22-13(2)11-16-9-7-14-12-15(8-10-17(14)23-16)20-18(21)24-19(3,4)5/h8,10,12,16H,2,6-7,9,11H2,1,3-5H3,(H,20,21). The first-order chi connectivity index (χ1) is 11.3. The van der Waals surface area contributed by atoms with Crippen molar-refractivity contribution in [2.75, 3.05) is 11.9 Å². The number of hydrogen-bond acceptors (Lipinski definition) is 4. The molecule has 0 fully saturated rings. The summed E-state index contributed by atoms with van der Waals surface area (Å²) in [5, 5.41) is 2.76. The van der Waals surface area contributed by atoms with E-state index in [1.165, 1.54) is 0 Å². The van der Waals surface area contributed by atoms with Gasteiger partial charge in [0.2, 0.25) is 0 Å². The Labute approximate surface area is 144 Å². The Hall–Kier alpha value is -2.17. The van der Waals surface area contributed by atoms with Gasteiger partial charge in [-0.15, -0.1) is 0 Å². The van der Waals surface area contributed by atoms with Crippen molar-refractivity contribution in [3.63, 3.8) is 0 Å². The van der Waals surface area contributed by atoms with Crippen molar-refractivity contribution >= 4 is 11.8 Å². The van der Waals surface area contributed by atoms with Gasteiger partial charge in [0.05, 0.1) is 12.4 Å². The maximum atomic E-state index is 11.8. The largest absolute Gasteiger partial charge is 0.499 e. The second kappa shape index (κ2) is 7.60. The minimum atomic E-state index is -0.516. The molecule has 0 bridgehead atoms. The van der Waals surface area contributed by atoms with Gasteiger partial charge in [-0.05, 0) is 64.3 Å². The number of carbonyl (C=O) groups excluding carboxylic acids is 1. The molecule has 1 aliphatic rings. The number of fused-ring (bicyclic) bond motifs is 1. The fraction of sp³-hybridized carbons (Fsp3) is 0.526. The van der Waals surface area contributed by atoms with Crippen LogP contribution in [0.4, 0.5) is 10.5 Å². The molecule has 1 aromatic carbocycles. The summed E-state index contributed by atoms with van der Waals surface area (Å²) in [5.41, 5.74) is 1.28. The first kappa shape index (κ1) is 18.2. The van der Waals surface area contributed by atoms with Gasteiger partial charge in [-0.3, -0.25) is 5.32 Å². The van der Waals surface area contributed by atoms with Crippen LogP contribution in [0.2, 0.25) is 0 Å². The highest BCUT2D eigenvalue weighted by Crippen LogP contribution is 2.32. The molecule has 2 rings (SSSR count). The van der Waals surface area contributed by atoms with Crippen LogP contribution in [0.15, 0.2) is 30.5 Å². The van der Waals surface area contributed by atoms with Gasteiger partial charge in [-0.25, -0.2) is 4.79 Å². The fourth-order valence-electron chi connectivity index (χ4n) is 2.60. The highest BCUT2D eigenvalue weighted by Gasteiger charge is 2.22. The van der Waals surface area contributed by atoms with E-state index in [4.69, 9.17) is 14.2 Å². The Bertz CT molecular complexity index is 604. The summed E-state index contributed by atoms with van der Waals surface area (Å²) >= 11 is 0. The normalized spacial score (nSPS) is 16.6. The van der Waals surface area contributed by atoms with Crippen LogP contribution in [0.1, 0.15) is 46.1 Å². The lowest BCUT2D eigenvalue weighted by Crippen LogP contribution is -2.27. The predicted molar refractivity (Wildman–Crippen MR) is 94.4 cm³/mol. The van der Waals surface area contributed by atoms with E-state index >= 15 is 0 Å². The molecule has 1 N–H and O–H groups in total. The quantitative estimate of drug-likeness (QED) is 0.796. The van der Waals surface area contributed by atoms with Crippen LogP contribution in [-0.4, -0.2) is 24.4 Å². The van der Waals surface area contributed by atoms with E-state index in [9.17, 15) is 4.79 Å². The molecular formula is C19H27NO4. The molecule has 0 radical (unpaired) electrons. The van der Waals surface area contributed by atoms with Crippen molar-refractivity contribution in [3.8, 4) is 5.75 Å². The van der Waals surface area contributed by atoms with Crippen LogP contribution in [0, 0.1) is 0 Å². The molecule has 132 valence electrons. The van der Waals surface area contributed by atoms with Gasteiger partial charge < -0.3 is 14.2 Å². The molecule has 1 amide bonds. The van der Waals surface area contributed by atoms with Gasteiger partial charge in [0.25, 0.3) is 0 Å². The first-order valence-electron chi connectivity index (χ1n) is 8.37. The fourth-order valence-corrected chi connectivity index (χ4v) is 2.60. The number of ether oxygens (including phenoxy) is 3. The number of rotatable bonds is 5. The number of carbonyl (C=O) groups is 1. The number of benzene rings is 1. The number of aryl methyl sites for hydroxylation is 1. The highest BCUT2D eigenvalue weighted by molar-refractivity contribution is 5.85. The van der Waals surface area contributed by atoms with E-state index in [0.717, 1.165) is 29.9 Å². The summed E-state index contributed by atoms with van der Waals surface area (Å²) in [6, 6.07) is 5.65. The third-order valence-corrected chi connectivity index (χ3v) is 3.54. The van der Waals surface area contributed by atoms with Crippen molar-refractivity contribution < 1.29 is 19.0 Å². The lowest BCUT2D eigenvalue weighted by molar-refractivity contribution is 0.0635. The monoisotopic (exact) mass is 333 g/mol. The molecule has 5 nitrogen and oxygen atoms in total. The van der Waals surface area contributed by atoms with Crippen LogP contribution in [-0.2, 0) is 15.9 Å². The third-order valence-electron chi connectivity index (χ3n) is 3.54. The Morgan fingerprint density at radius 3 is 2.83 bits per heavy atom. The Morgan fingerprint density at radius 1 is 1.42 bits per heavy atom. The van der Waals surface area contributed by atoms with Gasteiger partial charge in [0.15, 0.2) is 0 Å². The van der Waals surface area contributed by atoms with Gasteiger partial charge in [-0.2, -0.15) is 0 Å².